The molecule has 57 heavy (non-hydrogen) atoms. The van der Waals surface area contributed by atoms with Gasteiger partial charge in [-0.2, -0.15) is 0 Å². The molecule has 0 N–H and O–H groups in total. The third-order valence-electron chi connectivity index (χ3n) is 12.2. The second-order valence-electron chi connectivity index (χ2n) is 17.9. The summed E-state index contributed by atoms with van der Waals surface area (Å²) in [7, 11) is 0. The molecular weight excluding hydrogens is 693 g/mol. The molecule has 11 rings (SSSR count). The Morgan fingerprint density at radius 1 is 0.491 bits per heavy atom. The topological polar surface area (TPSA) is 24.6 Å². The van der Waals surface area contributed by atoms with Crippen molar-refractivity contribution in [2.24, 2.45) is 0 Å². The maximum atomic E-state index is 6.79. The molecule has 0 amide bonds. The average molecular weight is 738 g/mol. The van der Waals surface area contributed by atoms with Gasteiger partial charge in [-0.25, -0.2) is 0 Å². The zero-order valence-electron chi connectivity index (χ0n) is 33.3. The van der Waals surface area contributed by atoms with Gasteiger partial charge in [-0.1, -0.05) is 126 Å². The quantitative estimate of drug-likeness (QED) is 0.168. The van der Waals surface area contributed by atoms with Gasteiger partial charge in [0.2, 0.25) is 0 Å². The molecule has 0 fully saturated rings. The molecule has 2 aromatic heterocycles. The molecule has 9 aromatic rings. The van der Waals surface area contributed by atoms with Gasteiger partial charge in [0.25, 0.3) is 6.71 Å². The van der Waals surface area contributed by atoms with Crippen molar-refractivity contribution in [1.29, 1.82) is 0 Å². The van der Waals surface area contributed by atoms with E-state index in [1.165, 1.54) is 50.1 Å². The fraction of sp³-hybridized carbons (Fsp3) is 0.154. The van der Waals surface area contributed by atoms with Crippen LogP contribution < -0.4 is 26.2 Å². The van der Waals surface area contributed by atoms with Gasteiger partial charge in [0, 0.05) is 44.9 Å². The molecule has 7 aromatic carbocycles. The van der Waals surface area contributed by atoms with Gasteiger partial charge in [-0.15, -0.1) is 0 Å². The molecule has 2 aliphatic rings. The van der Waals surface area contributed by atoms with Gasteiger partial charge < -0.3 is 18.8 Å². The lowest BCUT2D eigenvalue weighted by Gasteiger charge is -2.42. The second-order valence-corrected chi connectivity index (χ2v) is 17.9. The number of hydrogen-bond donors (Lipinski definition) is 0. The molecule has 0 bridgehead atoms. The van der Waals surface area contributed by atoms with Crippen LogP contribution in [0.1, 0.15) is 52.7 Å². The van der Waals surface area contributed by atoms with E-state index in [9.17, 15) is 0 Å². The van der Waals surface area contributed by atoms with Crippen LogP contribution in [0.25, 0.3) is 38.7 Å². The van der Waals surface area contributed by atoms with Crippen LogP contribution in [0.15, 0.2) is 162 Å². The number of nitrogens with zero attached hydrogens (tertiary/aromatic N) is 3. The second kappa shape index (κ2) is 12.0. The van der Waals surface area contributed by atoms with Crippen LogP contribution in [0.3, 0.4) is 0 Å². The zero-order valence-corrected chi connectivity index (χ0v) is 33.3. The van der Waals surface area contributed by atoms with E-state index >= 15 is 0 Å². The van der Waals surface area contributed by atoms with Gasteiger partial charge in [0.15, 0.2) is 5.58 Å². The van der Waals surface area contributed by atoms with E-state index in [4.69, 9.17) is 4.42 Å². The minimum atomic E-state index is -0.0362. The van der Waals surface area contributed by atoms with E-state index in [0.29, 0.717) is 0 Å². The highest BCUT2D eigenvalue weighted by atomic mass is 16.3. The van der Waals surface area contributed by atoms with E-state index < -0.39 is 0 Å². The van der Waals surface area contributed by atoms with Crippen LogP contribution in [0.5, 0.6) is 0 Å². The fourth-order valence-corrected chi connectivity index (χ4v) is 9.47. The Morgan fingerprint density at radius 2 is 1.12 bits per heavy atom. The lowest BCUT2D eigenvalue weighted by atomic mass is 9.33. The van der Waals surface area contributed by atoms with Crippen LogP contribution in [0.2, 0.25) is 0 Å². The highest BCUT2D eigenvalue weighted by Gasteiger charge is 2.43. The Balaban J connectivity index is 1.33. The Hall–Kier alpha value is -6.46. The predicted octanol–water partition coefficient (Wildman–Crippen LogP) is 12.2. The van der Waals surface area contributed by atoms with Crippen molar-refractivity contribution in [1.82, 2.24) is 4.57 Å². The molecule has 0 saturated heterocycles. The molecule has 0 atom stereocenters. The molecule has 5 heteroatoms. The maximum absolute atomic E-state index is 6.79. The Labute approximate surface area is 334 Å². The molecular formula is C52H44BN3O. The largest absolute Gasteiger partial charge is 0.454 e. The first-order chi connectivity index (χ1) is 27.6. The highest BCUT2D eigenvalue weighted by molar-refractivity contribution is 7.00. The number of benzene rings is 7. The fourth-order valence-electron chi connectivity index (χ4n) is 9.47. The van der Waals surface area contributed by atoms with Gasteiger partial charge in [0.05, 0.1) is 11.2 Å². The average Bonchev–Trinajstić information content (AvgIpc) is 3.75. The van der Waals surface area contributed by atoms with Crippen molar-refractivity contribution < 1.29 is 4.42 Å². The summed E-state index contributed by atoms with van der Waals surface area (Å²) >= 11 is 0. The third kappa shape index (κ3) is 5.01. The summed E-state index contributed by atoms with van der Waals surface area (Å²) in [4.78, 5) is 4.97. The Bertz CT molecular complexity index is 3010. The third-order valence-corrected chi connectivity index (χ3v) is 12.2. The van der Waals surface area contributed by atoms with Gasteiger partial charge in [0.1, 0.15) is 11.1 Å². The number of aromatic nitrogens is 1. The molecule has 0 saturated carbocycles. The van der Waals surface area contributed by atoms with Gasteiger partial charge in [-0.3, -0.25) is 0 Å². The first-order valence-corrected chi connectivity index (χ1v) is 20.1. The Kier molecular flexibility index (Phi) is 7.14. The molecule has 0 spiro atoms. The first kappa shape index (κ1) is 33.8. The van der Waals surface area contributed by atoms with Crippen molar-refractivity contribution in [2.45, 2.75) is 52.4 Å². The normalized spacial score (nSPS) is 13.4. The van der Waals surface area contributed by atoms with Crippen LogP contribution in [0.4, 0.5) is 34.1 Å². The zero-order chi connectivity index (χ0) is 38.8. The van der Waals surface area contributed by atoms with Crippen molar-refractivity contribution in [3.8, 4) is 5.69 Å². The van der Waals surface area contributed by atoms with E-state index in [2.05, 4.69) is 214 Å². The van der Waals surface area contributed by atoms with E-state index in [0.717, 1.165) is 50.2 Å². The van der Waals surface area contributed by atoms with Crippen molar-refractivity contribution in [3.63, 3.8) is 0 Å². The number of hydrogen-bond acceptors (Lipinski definition) is 3. The highest BCUT2D eigenvalue weighted by Crippen LogP contribution is 2.47. The number of furan rings is 1. The monoisotopic (exact) mass is 737 g/mol. The van der Waals surface area contributed by atoms with E-state index in [1.54, 1.807) is 0 Å². The molecule has 0 aliphatic carbocycles. The number of para-hydroxylation sites is 4. The summed E-state index contributed by atoms with van der Waals surface area (Å²) in [5.74, 6) is 0. The summed E-state index contributed by atoms with van der Waals surface area (Å²) in [5.41, 5.74) is 18.7. The first-order valence-electron chi connectivity index (χ1n) is 20.1. The number of fused-ring (bicyclic) bond motifs is 9. The van der Waals surface area contributed by atoms with Crippen molar-refractivity contribution in [3.05, 3.63) is 169 Å². The summed E-state index contributed by atoms with van der Waals surface area (Å²) in [6.45, 7) is 13.9. The summed E-state index contributed by atoms with van der Waals surface area (Å²) in [6, 6.07) is 58.2. The summed E-state index contributed by atoms with van der Waals surface area (Å²) in [6.07, 6.45) is 0. The standard InChI is InChI=1S/C52H44BN3O/c1-51(2,3)33-17-15-22-37(29-33)55-43-30-34(52(4,5)6)27-28-41(43)53-42-25-16-24-40-48(42)56(49-39-23-13-14-26-46(39)57-50(40)49)45-32-38(31-44(55)47(45)53)54(35-18-9-7-10-19-35)36-20-11-8-12-21-36/h7-32H,1-6H3. The lowest BCUT2D eigenvalue weighted by Crippen LogP contribution is -2.60. The van der Waals surface area contributed by atoms with Crippen LogP contribution in [-0.2, 0) is 10.8 Å². The Morgan fingerprint density at radius 3 is 1.84 bits per heavy atom. The summed E-state index contributed by atoms with van der Waals surface area (Å²) < 4.78 is 9.32. The van der Waals surface area contributed by atoms with Crippen LogP contribution in [-0.4, -0.2) is 11.3 Å². The number of anilines is 6. The maximum Gasteiger partial charge on any atom is 0.252 e. The van der Waals surface area contributed by atoms with E-state index in [-0.39, 0.29) is 17.5 Å². The number of rotatable bonds is 4. The predicted molar refractivity (Wildman–Crippen MR) is 242 cm³/mol. The van der Waals surface area contributed by atoms with E-state index in [1.807, 2.05) is 0 Å². The SMILES string of the molecule is CC(C)(C)c1cccc(N2c3cc(C(C)(C)C)ccc3B3c4c2cc(N(c2ccccc2)c2ccccc2)cc4-n2c4c3cccc4c3oc4ccccc4c32)c1. The van der Waals surface area contributed by atoms with Gasteiger partial charge in [-0.05, 0) is 111 Å². The molecule has 0 radical (unpaired) electrons. The molecule has 276 valence electrons. The van der Waals surface area contributed by atoms with Crippen molar-refractivity contribution >= 4 is 90.2 Å². The molecule has 4 nitrogen and oxygen atoms in total. The van der Waals surface area contributed by atoms with Crippen LogP contribution >= 0.6 is 0 Å². The van der Waals surface area contributed by atoms with Crippen LogP contribution in [0, 0.1) is 0 Å². The lowest BCUT2D eigenvalue weighted by molar-refractivity contribution is 0.590. The smallest absolute Gasteiger partial charge is 0.252 e. The van der Waals surface area contributed by atoms with Gasteiger partial charge >= 0.3 is 0 Å². The summed E-state index contributed by atoms with van der Waals surface area (Å²) in [5, 5.41) is 2.27. The molecule has 0 unspecified atom stereocenters. The molecule has 4 heterocycles. The minimum absolute atomic E-state index is 0.0125. The van der Waals surface area contributed by atoms with Crippen molar-refractivity contribution in [2.75, 3.05) is 9.80 Å². The molecule has 2 aliphatic heterocycles. The minimum Gasteiger partial charge on any atom is -0.454 e.